The van der Waals surface area contributed by atoms with Crippen molar-refractivity contribution in [1.29, 1.82) is 4.78 Å². The smallest absolute Gasteiger partial charge is 0.308 e. The predicted octanol–water partition coefficient (Wildman–Crippen LogP) is 0.586. The Labute approximate surface area is 75.2 Å². The number of rotatable bonds is 0. The Morgan fingerprint density at radius 1 is 1.38 bits per heavy atom. The number of pyridine rings is 1. The number of hydrogen-bond acceptors (Lipinski definition) is 5. The van der Waals surface area contributed by atoms with E-state index in [4.69, 9.17) is 13.2 Å². The number of fused-ring (bicyclic) bond motifs is 1. The summed E-state index contributed by atoms with van der Waals surface area (Å²) >= 11 is 0. The van der Waals surface area contributed by atoms with Crippen molar-refractivity contribution in [1.82, 2.24) is 15.0 Å². The Balaban J connectivity index is 0.000000184. The summed E-state index contributed by atoms with van der Waals surface area (Å²) in [6.07, 6.45) is 3.36. The molecule has 0 unspecified atom stereocenters. The van der Waals surface area contributed by atoms with Crippen molar-refractivity contribution in [3.63, 3.8) is 0 Å². The van der Waals surface area contributed by atoms with Crippen LogP contribution in [-0.2, 0) is 10.5 Å². The molecule has 2 N–H and O–H groups in total. The van der Waals surface area contributed by atoms with Crippen molar-refractivity contribution >= 4 is 21.7 Å². The molecule has 7 heteroatoms. The lowest BCUT2D eigenvalue weighted by molar-refractivity contribution is 0.620. The van der Waals surface area contributed by atoms with E-state index in [1.165, 1.54) is 0 Å². The van der Waals surface area contributed by atoms with Crippen LogP contribution >= 0.6 is 0 Å². The molecule has 0 fully saturated rings. The van der Waals surface area contributed by atoms with Gasteiger partial charge in [0.1, 0.15) is 0 Å². The second-order valence-corrected chi connectivity index (χ2v) is 2.48. The molecular formula is C6H6N4O2S. The monoisotopic (exact) mass is 198 g/mol. The van der Waals surface area contributed by atoms with Crippen molar-refractivity contribution < 1.29 is 8.42 Å². The van der Waals surface area contributed by atoms with Gasteiger partial charge in [-0.25, -0.2) is 9.97 Å². The second kappa shape index (κ2) is 4.31. The molecule has 2 rings (SSSR count). The number of aromatic amines is 1. The van der Waals surface area contributed by atoms with Gasteiger partial charge in [-0.1, -0.05) is 0 Å². The zero-order valence-corrected chi connectivity index (χ0v) is 7.25. The highest BCUT2D eigenvalue weighted by molar-refractivity contribution is 7.60. The SMILES string of the molecule is N=S(=O)=O.c1cnc2nc[nH]c2c1. The molecule has 6 nitrogen and oxygen atoms in total. The van der Waals surface area contributed by atoms with E-state index in [1.54, 1.807) is 12.5 Å². The van der Waals surface area contributed by atoms with Crippen LogP contribution in [0.15, 0.2) is 24.7 Å². The van der Waals surface area contributed by atoms with Gasteiger partial charge in [-0.3, -0.25) is 0 Å². The van der Waals surface area contributed by atoms with Crippen molar-refractivity contribution in [3.8, 4) is 0 Å². The number of nitrogens with zero attached hydrogens (tertiary/aromatic N) is 2. The zero-order chi connectivity index (χ0) is 9.68. The maximum absolute atomic E-state index is 8.67. The number of aromatic nitrogens is 3. The van der Waals surface area contributed by atoms with E-state index in [0.29, 0.717) is 0 Å². The van der Waals surface area contributed by atoms with Crippen LogP contribution in [0.5, 0.6) is 0 Å². The topological polar surface area (TPSA) is 99.6 Å². The van der Waals surface area contributed by atoms with Crippen molar-refractivity contribution in [2.75, 3.05) is 0 Å². The van der Waals surface area contributed by atoms with E-state index in [0.717, 1.165) is 11.2 Å². The fraction of sp³-hybridized carbons (Fsp3) is 0. The first-order chi connectivity index (χ1) is 6.20. The summed E-state index contributed by atoms with van der Waals surface area (Å²) in [6, 6.07) is 3.82. The molecule has 68 valence electrons. The van der Waals surface area contributed by atoms with Crippen LogP contribution in [0.4, 0.5) is 0 Å². The third-order valence-electron chi connectivity index (χ3n) is 1.19. The molecule has 2 heterocycles. The van der Waals surface area contributed by atoms with E-state index in [9.17, 15) is 0 Å². The minimum absolute atomic E-state index is 0.775. The van der Waals surface area contributed by atoms with Crippen molar-refractivity contribution in [2.45, 2.75) is 0 Å². The summed E-state index contributed by atoms with van der Waals surface area (Å²) in [6.45, 7) is 0. The van der Waals surface area contributed by atoms with Gasteiger partial charge in [0.25, 0.3) is 0 Å². The quantitative estimate of drug-likeness (QED) is 0.646. The van der Waals surface area contributed by atoms with E-state index in [2.05, 4.69) is 15.0 Å². The summed E-state index contributed by atoms with van der Waals surface area (Å²) < 4.78 is 22.8. The fourth-order valence-electron chi connectivity index (χ4n) is 0.775. The average Bonchev–Trinajstić information content (AvgIpc) is 2.49. The standard InChI is InChI=1S/C6H5N3.HNO2S/c1-2-5-6(7-3-1)9-4-8-5;1-4(2)3/h1-4H,(H,7,8,9);1H. The second-order valence-electron chi connectivity index (χ2n) is 2.01. The van der Waals surface area contributed by atoms with E-state index in [1.807, 2.05) is 12.1 Å². The minimum Gasteiger partial charge on any atom is -0.343 e. The van der Waals surface area contributed by atoms with Crippen molar-refractivity contribution in [3.05, 3.63) is 24.7 Å². The molecule has 0 aliphatic carbocycles. The highest BCUT2D eigenvalue weighted by atomic mass is 32.2. The molecule has 0 radical (unpaired) electrons. The summed E-state index contributed by atoms with van der Waals surface area (Å²) in [5.41, 5.74) is 1.76. The molecule has 2 aromatic heterocycles. The highest BCUT2D eigenvalue weighted by Crippen LogP contribution is 2.01. The summed E-state index contributed by atoms with van der Waals surface area (Å²) in [7, 11) is -2.61. The van der Waals surface area contributed by atoms with Gasteiger partial charge >= 0.3 is 10.5 Å². The van der Waals surface area contributed by atoms with Gasteiger partial charge in [-0.05, 0) is 12.1 Å². The molecule has 0 saturated heterocycles. The molecule has 0 saturated carbocycles. The first-order valence-electron chi connectivity index (χ1n) is 3.25. The van der Waals surface area contributed by atoms with Crippen molar-refractivity contribution in [2.24, 2.45) is 0 Å². The molecule has 0 aliphatic rings. The summed E-state index contributed by atoms with van der Waals surface area (Å²) in [5.74, 6) is 0. The number of H-pyrrole nitrogens is 1. The molecule has 0 aliphatic heterocycles. The molecular weight excluding hydrogens is 192 g/mol. The third-order valence-corrected chi connectivity index (χ3v) is 1.19. The normalized spacial score (nSPS) is 8.92. The van der Waals surface area contributed by atoms with Crippen LogP contribution in [0, 0.1) is 4.78 Å². The molecule has 2 aromatic rings. The first-order valence-corrected chi connectivity index (χ1v) is 4.32. The lowest BCUT2D eigenvalue weighted by Gasteiger charge is -1.80. The molecule has 0 bridgehead atoms. The van der Waals surface area contributed by atoms with Gasteiger partial charge in [-0.2, -0.15) is 13.2 Å². The summed E-state index contributed by atoms with van der Waals surface area (Å²) in [4.78, 5) is 10.9. The van der Waals surface area contributed by atoms with Gasteiger partial charge in [0, 0.05) is 6.20 Å². The Morgan fingerprint density at radius 3 is 2.69 bits per heavy atom. The summed E-state index contributed by atoms with van der Waals surface area (Å²) in [5, 5.41) is 0. The lowest BCUT2D eigenvalue weighted by Crippen LogP contribution is -1.71. The van der Waals surface area contributed by atoms with Crippen LogP contribution in [0.1, 0.15) is 0 Å². The maximum atomic E-state index is 8.67. The van der Waals surface area contributed by atoms with Gasteiger partial charge in [0.15, 0.2) is 5.65 Å². The van der Waals surface area contributed by atoms with Crippen LogP contribution < -0.4 is 0 Å². The van der Waals surface area contributed by atoms with Crippen LogP contribution in [0.3, 0.4) is 0 Å². The lowest BCUT2D eigenvalue weighted by atomic mass is 10.4. The van der Waals surface area contributed by atoms with E-state index >= 15 is 0 Å². The van der Waals surface area contributed by atoms with Gasteiger partial charge in [0.2, 0.25) is 0 Å². The number of imidazole rings is 1. The molecule has 0 aromatic carbocycles. The Morgan fingerprint density at radius 2 is 2.08 bits per heavy atom. The highest BCUT2D eigenvalue weighted by Gasteiger charge is 1.90. The fourth-order valence-corrected chi connectivity index (χ4v) is 0.775. The van der Waals surface area contributed by atoms with Crippen LogP contribution in [0.2, 0.25) is 0 Å². The minimum atomic E-state index is -2.61. The van der Waals surface area contributed by atoms with Crippen LogP contribution in [0.25, 0.3) is 11.2 Å². The first kappa shape index (κ1) is 9.33. The third kappa shape index (κ3) is 2.99. The Kier molecular flexibility index (Phi) is 3.09. The maximum Gasteiger partial charge on any atom is 0.308 e. The van der Waals surface area contributed by atoms with E-state index < -0.39 is 10.5 Å². The predicted molar refractivity (Wildman–Crippen MR) is 45.5 cm³/mol. The average molecular weight is 198 g/mol. The molecule has 0 amide bonds. The van der Waals surface area contributed by atoms with Crippen LogP contribution in [-0.4, -0.2) is 23.4 Å². The van der Waals surface area contributed by atoms with Gasteiger partial charge in [0.05, 0.1) is 11.8 Å². The molecule has 0 spiro atoms. The van der Waals surface area contributed by atoms with Gasteiger partial charge in [-0.15, -0.1) is 0 Å². The zero-order valence-electron chi connectivity index (χ0n) is 6.43. The largest absolute Gasteiger partial charge is 0.343 e. The molecule has 13 heavy (non-hydrogen) atoms. The molecule has 0 atom stereocenters. The Hall–Kier alpha value is -1.76. The van der Waals surface area contributed by atoms with E-state index in [-0.39, 0.29) is 0 Å². The number of nitrogens with one attached hydrogen (secondary N) is 2. The number of hydrogen-bond donors (Lipinski definition) is 2. The van der Waals surface area contributed by atoms with Gasteiger partial charge < -0.3 is 4.98 Å². The Bertz CT molecular complexity index is 452.